The Balaban J connectivity index is 1.81. The van der Waals surface area contributed by atoms with Gasteiger partial charge in [0.05, 0.1) is 22.4 Å². The summed E-state index contributed by atoms with van der Waals surface area (Å²) < 4.78 is 1.84. The van der Waals surface area contributed by atoms with Gasteiger partial charge >= 0.3 is 0 Å². The van der Waals surface area contributed by atoms with Crippen LogP contribution >= 0.6 is 11.8 Å². The van der Waals surface area contributed by atoms with Gasteiger partial charge in [0.25, 0.3) is 0 Å². The molecular formula is C31H32N4O2S. The van der Waals surface area contributed by atoms with E-state index < -0.39 is 0 Å². The molecule has 0 aliphatic carbocycles. The molecule has 4 aromatic rings. The van der Waals surface area contributed by atoms with Crippen molar-refractivity contribution in [3.63, 3.8) is 0 Å². The lowest BCUT2D eigenvalue weighted by atomic mass is 9.97. The number of benzene rings is 3. The normalized spacial score (nSPS) is 15.3. The fraction of sp³-hybridized carbons (Fsp3) is 0.258. The van der Waals surface area contributed by atoms with Crippen LogP contribution in [0.2, 0.25) is 0 Å². The molecule has 2 amide bonds. The number of nitrogens with zero attached hydrogens (tertiary/aromatic N) is 3. The van der Waals surface area contributed by atoms with Crippen molar-refractivity contribution in [2.24, 2.45) is 0 Å². The minimum absolute atomic E-state index is 0.0277. The SMILES string of the molecule is Cc1ccc(-n2nc(-c3ccccc3)c3c2N(CC(=O)NC(C)C)C(=O)CS[C@H]3c2ccccc2C)cc1. The molecule has 0 fully saturated rings. The van der Waals surface area contributed by atoms with Crippen molar-refractivity contribution in [3.05, 3.63) is 101 Å². The third-order valence-electron chi connectivity index (χ3n) is 6.64. The zero-order chi connectivity index (χ0) is 26.8. The lowest BCUT2D eigenvalue weighted by Gasteiger charge is -2.24. The van der Waals surface area contributed by atoms with Crippen LogP contribution in [0.5, 0.6) is 0 Å². The van der Waals surface area contributed by atoms with Crippen LogP contribution in [-0.4, -0.2) is 39.9 Å². The van der Waals surface area contributed by atoms with Crippen molar-refractivity contribution in [1.29, 1.82) is 0 Å². The lowest BCUT2D eigenvalue weighted by Crippen LogP contribution is -2.44. The van der Waals surface area contributed by atoms with Crippen LogP contribution < -0.4 is 10.2 Å². The number of anilines is 1. The van der Waals surface area contributed by atoms with Gasteiger partial charge in [-0.25, -0.2) is 4.68 Å². The van der Waals surface area contributed by atoms with E-state index in [2.05, 4.69) is 24.4 Å². The first kappa shape index (κ1) is 25.8. The summed E-state index contributed by atoms with van der Waals surface area (Å²) in [6, 6.07) is 26.4. The maximum Gasteiger partial charge on any atom is 0.240 e. The van der Waals surface area contributed by atoms with Gasteiger partial charge in [0, 0.05) is 17.2 Å². The zero-order valence-corrected chi connectivity index (χ0v) is 23.0. The first-order valence-electron chi connectivity index (χ1n) is 12.9. The number of nitrogens with one attached hydrogen (secondary N) is 1. The molecule has 0 spiro atoms. The van der Waals surface area contributed by atoms with Crippen molar-refractivity contribution < 1.29 is 9.59 Å². The molecule has 0 unspecified atom stereocenters. The molecule has 3 aromatic carbocycles. The Labute approximate surface area is 228 Å². The molecule has 0 bridgehead atoms. The molecule has 1 aromatic heterocycles. The average Bonchev–Trinajstić information content (AvgIpc) is 3.22. The predicted molar refractivity (Wildman–Crippen MR) is 155 cm³/mol. The van der Waals surface area contributed by atoms with Gasteiger partial charge in [-0.1, -0.05) is 72.3 Å². The Hall–Kier alpha value is -3.84. The third-order valence-corrected chi connectivity index (χ3v) is 7.87. The summed E-state index contributed by atoms with van der Waals surface area (Å²) >= 11 is 1.59. The van der Waals surface area contributed by atoms with E-state index in [-0.39, 0.29) is 35.4 Å². The summed E-state index contributed by atoms with van der Waals surface area (Å²) in [4.78, 5) is 28.4. The van der Waals surface area contributed by atoms with Crippen LogP contribution in [0.3, 0.4) is 0 Å². The molecule has 1 N–H and O–H groups in total. The quantitative estimate of drug-likeness (QED) is 0.344. The van der Waals surface area contributed by atoms with Crippen LogP contribution in [0.25, 0.3) is 16.9 Å². The van der Waals surface area contributed by atoms with Crippen molar-refractivity contribution in [2.75, 3.05) is 17.2 Å². The molecule has 0 saturated carbocycles. The second kappa shape index (κ2) is 10.9. The summed E-state index contributed by atoms with van der Waals surface area (Å²) in [6.45, 7) is 7.91. The van der Waals surface area contributed by atoms with E-state index >= 15 is 0 Å². The van der Waals surface area contributed by atoms with E-state index in [0.717, 1.165) is 39.2 Å². The number of aromatic nitrogens is 2. The number of thioether (sulfide) groups is 1. The van der Waals surface area contributed by atoms with Crippen LogP contribution in [0.15, 0.2) is 78.9 Å². The van der Waals surface area contributed by atoms with Crippen LogP contribution in [-0.2, 0) is 9.59 Å². The maximum absolute atomic E-state index is 13.7. The van der Waals surface area contributed by atoms with Crippen molar-refractivity contribution in [1.82, 2.24) is 15.1 Å². The Morgan fingerprint density at radius 1 is 1.00 bits per heavy atom. The minimum atomic E-state index is -0.198. The Kier molecular flexibility index (Phi) is 7.38. The maximum atomic E-state index is 13.7. The molecule has 1 aliphatic heterocycles. The lowest BCUT2D eigenvalue weighted by molar-refractivity contribution is -0.123. The molecule has 2 heterocycles. The molecule has 7 heteroatoms. The number of carbonyl (C=O) groups excluding carboxylic acids is 2. The largest absolute Gasteiger partial charge is 0.352 e. The van der Waals surface area contributed by atoms with Crippen LogP contribution in [0.1, 0.15) is 41.4 Å². The first-order valence-corrected chi connectivity index (χ1v) is 13.9. The second-order valence-corrected chi connectivity index (χ2v) is 11.0. The Morgan fingerprint density at radius 3 is 2.37 bits per heavy atom. The van der Waals surface area contributed by atoms with Gasteiger partial charge in [-0.15, -0.1) is 11.8 Å². The number of hydrogen-bond donors (Lipinski definition) is 1. The van der Waals surface area contributed by atoms with Crippen LogP contribution in [0.4, 0.5) is 5.82 Å². The number of fused-ring (bicyclic) bond motifs is 1. The number of aryl methyl sites for hydroxylation is 2. The van der Waals surface area contributed by atoms with Gasteiger partial charge in [-0.3, -0.25) is 14.5 Å². The van der Waals surface area contributed by atoms with Crippen molar-refractivity contribution >= 4 is 29.4 Å². The van der Waals surface area contributed by atoms with E-state index in [9.17, 15) is 9.59 Å². The molecule has 1 aliphatic rings. The number of carbonyl (C=O) groups is 2. The highest BCUT2D eigenvalue weighted by Crippen LogP contribution is 2.49. The van der Waals surface area contributed by atoms with Gasteiger partial charge in [-0.05, 0) is 51.0 Å². The van der Waals surface area contributed by atoms with Gasteiger partial charge in [0.1, 0.15) is 12.4 Å². The first-order chi connectivity index (χ1) is 18.3. The molecule has 0 radical (unpaired) electrons. The van der Waals surface area contributed by atoms with E-state index in [1.807, 2.05) is 92.2 Å². The molecule has 194 valence electrons. The van der Waals surface area contributed by atoms with Gasteiger partial charge in [0.2, 0.25) is 11.8 Å². The zero-order valence-electron chi connectivity index (χ0n) is 22.1. The van der Waals surface area contributed by atoms with E-state index in [1.54, 1.807) is 16.7 Å². The Morgan fingerprint density at radius 2 is 1.68 bits per heavy atom. The van der Waals surface area contributed by atoms with Gasteiger partial charge < -0.3 is 5.32 Å². The van der Waals surface area contributed by atoms with Gasteiger partial charge in [-0.2, -0.15) is 5.10 Å². The number of hydrogen-bond acceptors (Lipinski definition) is 4. The number of rotatable bonds is 6. The van der Waals surface area contributed by atoms with E-state index in [0.29, 0.717) is 5.82 Å². The second-order valence-electron chi connectivity index (χ2n) is 9.95. The Bertz CT molecular complexity index is 1460. The highest BCUT2D eigenvalue weighted by molar-refractivity contribution is 8.00. The topological polar surface area (TPSA) is 67.2 Å². The van der Waals surface area contributed by atoms with Crippen molar-refractivity contribution in [2.45, 2.75) is 39.0 Å². The van der Waals surface area contributed by atoms with Gasteiger partial charge in [0.15, 0.2) is 0 Å². The monoisotopic (exact) mass is 524 g/mol. The third kappa shape index (κ3) is 5.11. The fourth-order valence-corrected chi connectivity index (χ4v) is 6.12. The molecule has 1 atom stereocenters. The summed E-state index contributed by atoms with van der Waals surface area (Å²) in [5.74, 6) is 0.593. The fourth-order valence-electron chi connectivity index (χ4n) is 4.83. The average molecular weight is 525 g/mol. The molecule has 6 nitrogen and oxygen atoms in total. The molecule has 5 rings (SSSR count). The van der Waals surface area contributed by atoms with E-state index in [1.165, 1.54) is 0 Å². The number of amides is 2. The standard InChI is InChI=1S/C31H32N4O2S/c1-20(2)32-26(36)18-34-27(37)19-38-30(25-13-9-8-10-22(25)4)28-29(23-11-6-5-7-12-23)33-35(31(28)34)24-16-14-21(3)15-17-24/h5-17,20,30H,18-19H2,1-4H3,(H,32,36)/t30-/m0/s1. The van der Waals surface area contributed by atoms with Crippen molar-refractivity contribution in [3.8, 4) is 16.9 Å². The molecular weight excluding hydrogens is 492 g/mol. The molecule has 0 saturated heterocycles. The summed E-state index contributed by atoms with van der Waals surface area (Å²) in [6.07, 6.45) is 0. The van der Waals surface area contributed by atoms with Crippen LogP contribution in [0, 0.1) is 13.8 Å². The van der Waals surface area contributed by atoms with E-state index in [4.69, 9.17) is 5.10 Å². The smallest absolute Gasteiger partial charge is 0.240 e. The summed E-state index contributed by atoms with van der Waals surface area (Å²) in [5, 5.41) is 7.95. The highest BCUT2D eigenvalue weighted by atomic mass is 32.2. The minimum Gasteiger partial charge on any atom is -0.352 e. The summed E-state index contributed by atoms with van der Waals surface area (Å²) in [5.41, 5.74) is 6.98. The molecule has 38 heavy (non-hydrogen) atoms. The summed E-state index contributed by atoms with van der Waals surface area (Å²) in [7, 11) is 0. The highest BCUT2D eigenvalue weighted by Gasteiger charge is 2.38. The predicted octanol–water partition coefficient (Wildman–Crippen LogP) is 5.85.